The van der Waals surface area contributed by atoms with Crippen molar-refractivity contribution < 1.29 is 4.79 Å². The summed E-state index contributed by atoms with van der Waals surface area (Å²) in [6.07, 6.45) is 5.54. The fraction of sp³-hybridized carbons (Fsp3) is 0.929. The second-order valence-electron chi connectivity index (χ2n) is 5.95. The van der Waals surface area contributed by atoms with E-state index in [2.05, 4.69) is 36.6 Å². The van der Waals surface area contributed by atoms with E-state index in [-0.39, 0.29) is 11.4 Å². The average Bonchev–Trinajstić information content (AvgIpc) is 2.33. The van der Waals surface area contributed by atoms with Gasteiger partial charge < -0.3 is 15.5 Å². The Morgan fingerprint density at radius 2 is 2.17 bits per heavy atom. The molecular weight excluding hydrogens is 226 g/mol. The number of hydrogen-bond acceptors (Lipinski definition) is 3. The maximum absolute atomic E-state index is 11.7. The molecule has 0 saturated heterocycles. The third kappa shape index (κ3) is 4.25. The summed E-state index contributed by atoms with van der Waals surface area (Å²) < 4.78 is 0. The van der Waals surface area contributed by atoms with E-state index < -0.39 is 0 Å². The Labute approximate surface area is 111 Å². The summed E-state index contributed by atoms with van der Waals surface area (Å²) in [4.78, 5) is 14.0. The summed E-state index contributed by atoms with van der Waals surface area (Å²) in [5.74, 6) is 0.916. The van der Waals surface area contributed by atoms with Gasteiger partial charge in [-0.05, 0) is 39.9 Å². The van der Waals surface area contributed by atoms with Gasteiger partial charge in [0.1, 0.15) is 0 Å². The normalized spacial score (nSPS) is 28.4. The standard InChI is InChI=1S/C14H29N3O/c1-12-6-5-8-14(10-12,17(3)4)11-16-13(18)7-9-15-2/h12,15H,5-11H2,1-4H3,(H,16,18). The molecule has 0 aromatic rings. The molecule has 2 atom stereocenters. The Morgan fingerprint density at radius 3 is 2.72 bits per heavy atom. The van der Waals surface area contributed by atoms with Gasteiger partial charge in [0, 0.05) is 25.0 Å². The second-order valence-corrected chi connectivity index (χ2v) is 5.95. The van der Waals surface area contributed by atoms with Gasteiger partial charge in [0.05, 0.1) is 0 Å². The molecule has 0 heterocycles. The molecule has 2 unspecified atom stereocenters. The van der Waals surface area contributed by atoms with Crippen molar-refractivity contribution in [2.75, 3.05) is 34.2 Å². The van der Waals surface area contributed by atoms with Crippen LogP contribution in [0.15, 0.2) is 0 Å². The molecule has 0 spiro atoms. The van der Waals surface area contributed by atoms with E-state index in [1.165, 1.54) is 25.7 Å². The van der Waals surface area contributed by atoms with Crippen LogP contribution >= 0.6 is 0 Å². The van der Waals surface area contributed by atoms with Crippen LogP contribution in [-0.2, 0) is 4.79 Å². The average molecular weight is 255 g/mol. The van der Waals surface area contributed by atoms with E-state index in [0.29, 0.717) is 6.42 Å². The highest BCUT2D eigenvalue weighted by atomic mass is 16.1. The van der Waals surface area contributed by atoms with Gasteiger partial charge in [0.2, 0.25) is 5.91 Å². The maximum Gasteiger partial charge on any atom is 0.221 e. The first-order valence-corrected chi connectivity index (χ1v) is 7.09. The SMILES string of the molecule is CNCCC(=O)NCC1(N(C)C)CCCC(C)C1. The molecule has 4 nitrogen and oxygen atoms in total. The second kappa shape index (κ2) is 7.10. The lowest BCUT2D eigenvalue weighted by Crippen LogP contribution is -2.55. The van der Waals surface area contributed by atoms with E-state index in [1.807, 2.05) is 7.05 Å². The van der Waals surface area contributed by atoms with E-state index in [9.17, 15) is 4.79 Å². The number of likely N-dealkylation sites (N-methyl/N-ethyl adjacent to an activating group) is 1. The zero-order valence-electron chi connectivity index (χ0n) is 12.4. The molecule has 0 aromatic heterocycles. The van der Waals surface area contributed by atoms with E-state index >= 15 is 0 Å². The van der Waals surface area contributed by atoms with Crippen LogP contribution in [0.3, 0.4) is 0 Å². The smallest absolute Gasteiger partial charge is 0.221 e. The zero-order valence-corrected chi connectivity index (χ0v) is 12.4. The predicted octanol–water partition coefficient (Wildman–Crippen LogP) is 1.22. The van der Waals surface area contributed by atoms with E-state index in [4.69, 9.17) is 0 Å². The molecule has 18 heavy (non-hydrogen) atoms. The first-order valence-electron chi connectivity index (χ1n) is 7.09. The Hall–Kier alpha value is -0.610. The molecule has 0 bridgehead atoms. The molecule has 106 valence electrons. The molecule has 1 aliphatic rings. The van der Waals surface area contributed by atoms with Crippen molar-refractivity contribution in [2.45, 2.75) is 44.6 Å². The minimum Gasteiger partial charge on any atom is -0.354 e. The number of amides is 1. The van der Waals surface area contributed by atoms with E-state index in [1.54, 1.807) is 0 Å². The third-order valence-corrected chi connectivity index (χ3v) is 4.23. The third-order valence-electron chi connectivity index (χ3n) is 4.23. The highest BCUT2D eigenvalue weighted by Crippen LogP contribution is 2.35. The summed E-state index contributed by atoms with van der Waals surface area (Å²) >= 11 is 0. The van der Waals surface area contributed by atoms with Crippen molar-refractivity contribution in [1.29, 1.82) is 0 Å². The van der Waals surface area contributed by atoms with Gasteiger partial charge in [0.25, 0.3) is 0 Å². The van der Waals surface area contributed by atoms with Crippen LogP contribution in [-0.4, -0.2) is 50.6 Å². The Bertz CT molecular complexity index is 268. The van der Waals surface area contributed by atoms with Crippen LogP contribution in [0.5, 0.6) is 0 Å². The molecule has 1 aliphatic carbocycles. The molecular formula is C14H29N3O. The Morgan fingerprint density at radius 1 is 1.44 bits per heavy atom. The number of carbonyl (C=O) groups excluding carboxylic acids is 1. The summed E-state index contributed by atoms with van der Waals surface area (Å²) in [5.41, 5.74) is 0.160. The highest BCUT2D eigenvalue weighted by Gasteiger charge is 2.36. The number of rotatable bonds is 6. The van der Waals surface area contributed by atoms with Crippen LogP contribution in [0.1, 0.15) is 39.0 Å². The van der Waals surface area contributed by atoms with Gasteiger partial charge in [-0.3, -0.25) is 4.79 Å². The molecule has 0 aliphatic heterocycles. The predicted molar refractivity (Wildman–Crippen MR) is 75.6 cm³/mol. The maximum atomic E-state index is 11.7. The summed E-state index contributed by atoms with van der Waals surface area (Å²) in [6.45, 7) is 3.85. The zero-order chi connectivity index (χ0) is 13.6. The van der Waals surface area contributed by atoms with Gasteiger partial charge in [-0.1, -0.05) is 19.8 Å². The van der Waals surface area contributed by atoms with Crippen molar-refractivity contribution in [3.05, 3.63) is 0 Å². The van der Waals surface area contributed by atoms with E-state index in [0.717, 1.165) is 19.0 Å². The van der Waals surface area contributed by atoms with Crippen molar-refractivity contribution in [3.8, 4) is 0 Å². The van der Waals surface area contributed by atoms with Gasteiger partial charge in [-0.2, -0.15) is 0 Å². The van der Waals surface area contributed by atoms with Crippen LogP contribution in [0.2, 0.25) is 0 Å². The van der Waals surface area contributed by atoms with Gasteiger partial charge >= 0.3 is 0 Å². The number of carbonyl (C=O) groups is 1. The summed E-state index contributed by atoms with van der Waals surface area (Å²) in [5, 5.41) is 6.11. The fourth-order valence-corrected chi connectivity index (χ4v) is 2.95. The van der Waals surface area contributed by atoms with Crippen LogP contribution in [0.4, 0.5) is 0 Å². The minimum absolute atomic E-state index is 0.156. The van der Waals surface area contributed by atoms with Gasteiger partial charge in [0.15, 0.2) is 0 Å². The lowest BCUT2D eigenvalue weighted by molar-refractivity contribution is -0.121. The van der Waals surface area contributed by atoms with Crippen LogP contribution < -0.4 is 10.6 Å². The van der Waals surface area contributed by atoms with Crippen molar-refractivity contribution in [3.63, 3.8) is 0 Å². The fourth-order valence-electron chi connectivity index (χ4n) is 2.95. The number of hydrogen-bond donors (Lipinski definition) is 2. The largest absolute Gasteiger partial charge is 0.354 e. The minimum atomic E-state index is 0.156. The molecule has 1 rings (SSSR count). The summed E-state index contributed by atoms with van der Waals surface area (Å²) in [6, 6.07) is 0. The van der Waals surface area contributed by atoms with Gasteiger partial charge in [-0.25, -0.2) is 0 Å². The topological polar surface area (TPSA) is 44.4 Å². The van der Waals surface area contributed by atoms with Crippen LogP contribution in [0.25, 0.3) is 0 Å². The lowest BCUT2D eigenvalue weighted by atomic mass is 9.75. The number of nitrogens with zero attached hydrogens (tertiary/aromatic N) is 1. The van der Waals surface area contributed by atoms with Gasteiger partial charge in [-0.15, -0.1) is 0 Å². The molecule has 0 radical (unpaired) electrons. The number of nitrogens with one attached hydrogen (secondary N) is 2. The Balaban J connectivity index is 2.50. The molecule has 4 heteroatoms. The Kier molecular flexibility index (Phi) is 6.09. The lowest BCUT2D eigenvalue weighted by Gasteiger charge is -2.45. The molecule has 0 aromatic carbocycles. The first kappa shape index (κ1) is 15.4. The monoisotopic (exact) mass is 255 g/mol. The first-order chi connectivity index (χ1) is 8.50. The molecule has 2 N–H and O–H groups in total. The van der Waals surface area contributed by atoms with Crippen molar-refractivity contribution in [1.82, 2.24) is 15.5 Å². The molecule has 1 amide bonds. The van der Waals surface area contributed by atoms with Crippen molar-refractivity contribution >= 4 is 5.91 Å². The van der Waals surface area contributed by atoms with Crippen LogP contribution in [0, 0.1) is 5.92 Å². The van der Waals surface area contributed by atoms with Crippen molar-refractivity contribution in [2.24, 2.45) is 5.92 Å². The summed E-state index contributed by atoms with van der Waals surface area (Å²) in [7, 11) is 6.15. The quantitative estimate of drug-likeness (QED) is 0.750. The highest BCUT2D eigenvalue weighted by molar-refractivity contribution is 5.76. The molecule has 1 fully saturated rings. The molecule has 1 saturated carbocycles.